The molecule has 54 heavy (non-hydrogen) atoms. The number of carbonyl (C=O) groups is 2. The second-order valence-corrected chi connectivity index (χ2v) is 24.3. The number of rotatable bonds is 13. The maximum atomic E-state index is 13.3. The number of carbonyl (C=O) groups excluding carboxylic acids is 2. The molecule has 8 rings (SSSR count). The molecule has 0 amide bonds. The lowest BCUT2D eigenvalue weighted by Gasteiger charge is -2.21. The molecule has 0 aromatic carbocycles. The standard InChI is InChI=1S/C23H35N3O3SSi.C17H21N3O2S/c1-31(2,3)13-12-29-16-26-15-18(20(27)14-17-8-10-28-11-9-17)22(25-26)23-24-19-6-4-5-7-21(19)30-23;21-14(9-11-5-7-22-8-6-11)12-10-18-20-16(12)17-19-13-3-1-2-4-15(13)23-17/h15,17H,4-14,16H2,1-3H3;10-11H,1-9H2,(H,18,20). The quantitative estimate of drug-likeness (QED) is 0.0803. The average molecular weight is 793 g/mol. The fourth-order valence-corrected chi connectivity index (χ4v) is 10.7. The van der Waals surface area contributed by atoms with Crippen LogP contribution in [0.1, 0.15) is 106 Å². The van der Waals surface area contributed by atoms with Crippen molar-refractivity contribution in [2.24, 2.45) is 11.8 Å². The molecular weight excluding hydrogens is 737 g/mol. The molecule has 0 unspecified atom stereocenters. The van der Waals surface area contributed by atoms with Crippen LogP contribution >= 0.6 is 22.7 Å². The molecule has 0 spiro atoms. The van der Waals surface area contributed by atoms with E-state index in [-0.39, 0.29) is 11.6 Å². The normalized spacial score (nSPS) is 18.1. The van der Waals surface area contributed by atoms with Crippen molar-refractivity contribution >= 4 is 42.3 Å². The van der Waals surface area contributed by atoms with E-state index in [1.165, 1.54) is 46.8 Å². The summed E-state index contributed by atoms with van der Waals surface area (Å²) in [6.45, 7) is 11.2. The molecule has 14 heteroatoms. The van der Waals surface area contributed by atoms with Crippen LogP contribution in [0.15, 0.2) is 12.4 Å². The summed E-state index contributed by atoms with van der Waals surface area (Å²) in [5, 5.41) is 13.7. The number of hydrogen-bond acceptors (Lipinski definition) is 11. The zero-order valence-electron chi connectivity index (χ0n) is 32.3. The number of nitrogens with one attached hydrogen (secondary N) is 1. The van der Waals surface area contributed by atoms with Gasteiger partial charge in [-0.3, -0.25) is 14.7 Å². The smallest absolute Gasteiger partial charge is 0.167 e. The predicted molar refractivity (Wildman–Crippen MR) is 215 cm³/mol. The molecule has 2 aliphatic carbocycles. The molecule has 2 aliphatic heterocycles. The van der Waals surface area contributed by atoms with Crippen LogP contribution in [0.3, 0.4) is 0 Å². The largest absolute Gasteiger partial charge is 0.381 e. The third-order valence-corrected chi connectivity index (χ3v) is 15.0. The minimum Gasteiger partial charge on any atom is -0.381 e. The van der Waals surface area contributed by atoms with Gasteiger partial charge in [0.25, 0.3) is 0 Å². The van der Waals surface area contributed by atoms with Crippen LogP contribution < -0.4 is 0 Å². The molecule has 2 fully saturated rings. The second kappa shape index (κ2) is 18.4. The van der Waals surface area contributed by atoms with Crippen LogP contribution in [0.25, 0.3) is 21.4 Å². The number of H-pyrrole nitrogens is 1. The summed E-state index contributed by atoms with van der Waals surface area (Å²) in [5.41, 5.74) is 5.37. The van der Waals surface area contributed by atoms with E-state index in [0.29, 0.717) is 42.5 Å². The van der Waals surface area contributed by atoms with Crippen molar-refractivity contribution in [3.63, 3.8) is 0 Å². The summed E-state index contributed by atoms with van der Waals surface area (Å²) in [6, 6.07) is 1.12. The van der Waals surface area contributed by atoms with E-state index in [4.69, 9.17) is 29.3 Å². The van der Waals surface area contributed by atoms with Gasteiger partial charge >= 0.3 is 0 Å². The summed E-state index contributed by atoms with van der Waals surface area (Å²) in [4.78, 5) is 38.4. The number of ketones is 2. The molecular formula is C40H56N6O5S2Si. The SMILES string of the molecule is C[Si](C)(C)CCOCn1cc(C(=O)CC2CCOCC2)c(-c2nc3c(s2)CCCC3)n1.O=C(CC1CCOCC1)c1cn[nH]c1-c1nc2c(s1)CCCC2. The highest BCUT2D eigenvalue weighted by Gasteiger charge is 2.27. The van der Waals surface area contributed by atoms with Gasteiger partial charge in [0.05, 0.1) is 28.7 Å². The van der Waals surface area contributed by atoms with E-state index in [2.05, 4.69) is 29.8 Å². The van der Waals surface area contributed by atoms with Crippen molar-refractivity contribution in [1.29, 1.82) is 0 Å². The minimum absolute atomic E-state index is 0.170. The summed E-state index contributed by atoms with van der Waals surface area (Å²) < 4.78 is 18.5. The second-order valence-electron chi connectivity index (χ2n) is 16.5. The molecule has 292 valence electrons. The Labute approximate surface area is 328 Å². The lowest BCUT2D eigenvalue weighted by Crippen LogP contribution is -2.22. The monoisotopic (exact) mass is 792 g/mol. The Morgan fingerprint density at radius 1 is 0.815 bits per heavy atom. The van der Waals surface area contributed by atoms with Crippen LogP contribution in [-0.4, -0.2) is 82.6 Å². The number of ether oxygens (including phenoxy) is 3. The average Bonchev–Trinajstić information content (AvgIpc) is 3.99. The molecule has 0 radical (unpaired) electrons. The maximum Gasteiger partial charge on any atom is 0.167 e. The number of hydrogen-bond donors (Lipinski definition) is 1. The summed E-state index contributed by atoms with van der Waals surface area (Å²) in [7, 11) is -1.13. The number of fused-ring (bicyclic) bond motifs is 2. The van der Waals surface area contributed by atoms with Gasteiger partial charge in [-0.1, -0.05) is 19.6 Å². The molecule has 11 nitrogen and oxygen atoms in total. The van der Waals surface area contributed by atoms with Crippen molar-refractivity contribution in [1.82, 2.24) is 29.9 Å². The van der Waals surface area contributed by atoms with Gasteiger partial charge in [0, 0.05) is 69.9 Å². The highest BCUT2D eigenvalue weighted by atomic mass is 32.1. The number of Topliss-reactive ketones (excluding diaryl/α,β-unsaturated/α-hetero) is 2. The first kappa shape index (κ1) is 39.4. The lowest BCUT2D eigenvalue weighted by molar-refractivity contribution is 0.0596. The molecule has 0 atom stereocenters. The van der Waals surface area contributed by atoms with Crippen LogP contribution in [-0.2, 0) is 46.6 Å². The van der Waals surface area contributed by atoms with Crippen molar-refractivity contribution < 1.29 is 23.8 Å². The third kappa shape index (κ3) is 10.3. The van der Waals surface area contributed by atoms with Crippen molar-refractivity contribution in [2.45, 2.75) is 122 Å². The zero-order chi connectivity index (χ0) is 37.5. The Bertz CT molecular complexity index is 1820. The number of aromatic nitrogens is 6. The predicted octanol–water partition coefficient (Wildman–Crippen LogP) is 8.61. The molecule has 4 aliphatic rings. The first-order valence-corrected chi connectivity index (χ1v) is 25.4. The molecule has 1 N–H and O–H groups in total. The van der Waals surface area contributed by atoms with E-state index < -0.39 is 8.07 Å². The number of thiazole rings is 2. The van der Waals surface area contributed by atoms with Gasteiger partial charge in [-0.2, -0.15) is 10.2 Å². The van der Waals surface area contributed by atoms with Crippen LogP contribution in [0.5, 0.6) is 0 Å². The lowest BCUT2D eigenvalue weighted by atomic mass is 9.92. The highest BCUT2D eigenvalue weighted by Crippen LogP contribution is 2.36. The molecule has 4 aromatic rings. The first-order chi connectivity index (χ1) is 26.2. The summed E-state index contributed by atoms with van der Waals surface area (Å²) >= 11 is 3.43. The molecule has 2 saturated heterocycles. The van der Waals surface area contributed by atoms with Gasteiger partial charge in [-0.05, 0) is 94.9 Å². The van der Waals surface area contributed by atoms with Gasteiger partial charge in [0.15, 0.2) is 11.6 Å². The van der Waals surface area contributed by atoms with E-state index in [1.54, 1.807) is 33.6 Å². The summed E-state index contributed by atoms with van der Waals surface area (Å²) in [6.07, 6.45) is 17.8. The number of nitrogens with zero attached hydrogens (tertiary/aromatic N) is 5. The third-order valence-electron chi connectivity index (χ3n) is 11.0. The fourth-order valence-electron chi connectivity index (χ4n) is 7.60. The van der Waals surface area contributed by atoms with Crippen molar-refractivity contribution in [3.8, 4) is 21.4 Å². The topological polar surface area (TPSA) is 134 Å². The highest BCUT2D eigenvalue weighted by molar-refractivity contribution is 7.15. The van der Waals surface area contributed by atoms with Gasteiger partial charge in [0.2, 0.25) is 0 Å². The first-order valence-electron chi connectivity index (χ1n) is 20.1. The molecule has 6 heterocycles. The summed E-state index contributed by atoms with van der Waals surface area (Å²) in [5.74, 6) is 1.18. The Hall–Kier alpha value is -2.88. The number of aryl methyl sites for hydroxylation is 4. The Balaban J connectivity index is 0.000000174. The van der Waals surface area contributed by atoms with Crippen LogP contribution in [0.2, 0.25) is 25.7 Å². The van der Waals surface area contributed by atoms with E-state index in [0.717, 1.165) is 112 Å². The molecule has 4 aromatic heterocycles. The van der Waals surface area contributed by atoms with E-state index in [9.17, 15) is 9.59 Å². The number of aromatic amines is 1. The van der Waals surface area contributed by atoms with Crippen molar-refractivity contribution in [3.05, 3.63) is 44.7 Å². The van der Waals surface area contributed by atoms with Crippen molar-refractivity contribution in [2.75, 3.05) is 33.0 Å². The minimum atomic E-state index is -1.13. The molecule has 0 bridgehead atoms. The van der Waals surface area contributed by atoms with Gasteiger partial charge in [0.1, 0.15) is 28.1 Å². The van der Waals surface area contributed by atoms with E-state index >= 15 is 0 Å². The Kier molecular flexibility index (Phi) is 13.4. The Morgan fingerprint density at radius 3 is 1.96 bits per heavy atom. The maximum absolute atomic E-state index is 13.3. The van der Waals surface area contributed by atoms with E-state index in [1.807, 2.05) is 6.20 Å². The van der Waals surface area contributed by atoms with Gasteiger partial charge in [-0.25, -0.2) is 14.6 Å². The Morgan fingerprint density at radius 2 is 1.37 bits per heavy atom. The van der Waals surface area contributed by atoms with Crippen LogP contribution in [0, 0.1) is 11.8 Å². The molecule has 0 saturated carbocycles. The fraction of sp³-hybridized carbons (Fsp3) is 0.650. The van der Waals surface area contributed by atoms with Gasteiger partial charge < -0.3 is 14.2 Å². The van der Waals surface area contributed by atoms with Gasteiger partial charge in [-0.15, -0.1) is 22.7 Å². The van der Waals surface area contributed by atoms with Crippen LogP contribution in [0.4, 0.5) is 0 Å². The zero-order valence-corrected chi connectivity index (χ0v) is 34.9.